The van der Waals surface area contributed by atoms with Crippen LogP contribution in [0.1, 0.15) is 0 Å². The molecule has 1 unspecified atom stereocenters. The molecule has 0 aromatic carbocycles. The van der Waals surface area contributed by atoms with Crippen molar-refractivity contribution < 1.29 is 17.4 Å². The maximum absolute atomic E-state index is 10.1. The number of carbonyl (C=O) groups is 1. The average Bonchev–Trinajstić information content (AvgIpc) is 1.62. The second-order valence-electron chi connectivity index (χ2n) is 1.10. The Balaban J connectivity index is 4.06. The van der Waals surface area contributed by atoms with Crippen LogP contribution in [0.2, 0.25) is 0 Å². The lowest BCUT2D eigenvalue weighted by Gasteiger charge is -1.92. The maximum Gasteiger partial charge on any atom is 0.346 e. The van der Waals surface area contributed by atoms with Crippen LogP contribution in [0, 0.1) is 0 Å². The zero-order chi connectivity index (χ0) is 7.49. The first-order valence-electron chi connectivity index (χ1n) is 1.84. The van der Waals surface area contributed by atoms with Crippen LogP contribution in [0.15, 0.2) is 12.7 Å². The highest BCUT2D eigenvalue weighted by molar-refractivity contribution is 8.34. The molecule has 0 amide bonds. The van der Waals surface area contributed by atoms with E-state index in [-0.39, 0.29) is 0 Å². The fourth-order valence-electron chi connectivity index (χ4n) is 0.149. The zero-order valence-electron chi connectivity index (χ0n) is 4.40. The second-order valence-corrected chi connectivity index (χ2v) is 3.98. The van der Waals surface area contributed by atoms with Crippen LogP contribution in [-0.2, 0) is 18.7 Å². The fraction of sp³-hybridized carbons (Fsp3) is 0. The summed E-state index contributed by atoms with van der Waals surface area (Å²) < 4.78 is 23.9. The van der Waals surface area contributed by atoms with Gasteiger partial charge in [0.2, 0.25) is 0 Å². The molecule has 0 N–H and O–H groups in total. The molecule has 0 aliphatic rings. The van der Waals surface area contributed by atoms with Crippen LogP contribution < -0.4 is 0 Å². The van der Waals surface area contributed by atoms with Gasteiger partial charge in [-0.05, 0) is 0 Å². The zero-order valence-corrected chi connectivity index (χ0v) is 6.37. The van der Waals surface area contributed by atoms with Gasteiger partial charge >= 0.3 is 15.7 Å². The lowest BCUT2D eigenvalue weighted by Crippen LogP contribution is -2.02. The summed E-state index contributed by atoms with van der Waals surface area (Å²) in [5.74, 6) is -0.981. The van der Waals surface area contributed by atoms with Gasteiger partial charge in [-0.25, -0.2) is 4.79 Å². The van der Waals surface area contributed by atoms with Crippen molar-refractivity contribution in [3.63, 3.8) is 0 Å². The van der Waals surface area contributed by atoms with Crippen molar-refractivity contribution in [1.82, 2.24) is 0 Å². The van der Waals surface area contributed by atoms with Crippen molar-refractivity contribution in [3.05, 3.63) is 12.7 Å². The molecule has 0 spiro atoms. The Morgan fingerprint density at radius 1 is 1.67 bits per heavy atom. The minimum Gasteiger partial charge on any atom is -0.340 e. The van der Waals surface area contributed by atoms with Crippen molar-refractivity contribution in [2.45, 2.75) is 0 Å². The van der Waals surface area contributed by atoms with Crippen LogP contribution in [0.5, 0.6) is 0 Å². The van der Waals surface area contributed by atoms with Crippen molar-refractivity contribution in [2.24, 2.45) is 0 Å². The third-order valence-corrected chi connectivity index (χ3v) is 1.05. The molecule has 0 fully saturated rings. The predicted molar refractivity (Wildman–Crippen MR) is 34.9 cm³/mol. The van der Waals surface area contributed by atoms with E-state index < -0.39 is 15.7 Å². The third kappa shape index (κ3) is 5.46. The summed E-state index contributed by atoms with van der Waals surface area (Å²) in [5, 5.41) is 0. The van der Waals surface area contributed by atoms with Crippen LogP contribution in [0.4, 0.5) is 0 Å². The summed E-state index contributed by atoms with van der Waals surface area (Å²) in [4.78, 5) is 10.1. The second kappa shape index (κ2) is 2.94. The van der Waals surface area contributed by atoms with E-state index >= 15 is 0 Å². The largest absolute Gasteiger partial charge is 0.346 e. The van der Waals surface area contributed by atoms with E-state index in [2.05, 4.69) is 10.8 Å². The first kappa shape index (κ1) is 8.59. The van der Waals surface area contributed by atoms with Crippen LogP contribution in [0.3, 0.4) is 0 Å². The molecule has 0 saturated carbocycles. The molecule has 4 nitrogen and oxygen atoms in total. The van der Waals surface area contributed by atoms with Gasteiger partial charge < -0.3 is 4.18 Å². The molecule has 52 valence electrons. The van der Waals surface area contributed by atoms with E-state index in [0.29, 0.717) is 0 Å². The average molecular weight is 168 g/mol. The highest BCUT2D eigenvalue weighted by Gasteiger charge is 2.05. The van der Waals surface area contributed by atoms with Gasteiger partial charge in [-0.2, -0.15) is 8.42 Å². The number of hydrogen-bond donors (Lipinski definition) is 0. The molecule has 0 aromatic rings. The molecule has 6 heteroatoms. The van der Waals surface area contributed by atoms with Crippen LogP contribution in [0.25, 0.3) is 0 Å². The van der Waals surface area contributed by atoms with E-state index in [0.717, 1.165) is 6.08 Å². The van der Waals surface area contributed by atoms with E-state index in [9.17, 15) is 13.2 Å². The first-order valence-corrected chi connectivity index (χ1v) is 4.73. The van der Waals surface area contributed by atoms with E-state index in [1.54, 1.807) is 0 Å². The maximum atomic E-state index is 10.1. The van der Waals surface area contributed by atoms with Crippen LogP contribution in [-0.4, -0.2) is 14.4 Å². The Morgan fingerprint density at radius 3 is 2.22 bits per heavy atom. The van der Waals surface area contributed by atoms with Crippen molar-refractivity contribution in [2.75, 3.05) is 0 Å². The summed E-state index contributed by atoms with van der Waals surface area (Å²) in [6.07, 6.45) is 0.765. The topological polar surface area (TPSA) is 60.4 Å². The summed E-state index contributed by atoms with van der Waals surface area (Å²) in [7, 11) is -2.37. The summed E-state index contributed by atoms with van der Waals surface area (Å²) in [5.41, 5.74) is 0. The Bertz CT molecular complexity index is 216. The standard InChI is InChI=1S/C3H5O4PS/c1-2-3(4)7-9(5,6)8/h2H,1,8H2. The van der Waals surface area contributed by atoms with Gasteiger partial charge in [0.05, 0.1) is 0 Å². The molecule has 0 aromatic heterocycles. The molecule has 0 heterocycles. The van der Waals surface area contributed by atoms with Gasteiger partial charge in [-0.3, -0.25) is 0 Å². The first-order chi connectivity index (χ1) is 3.95. The monoisotopic (exact) mass is 168 g/mol. The quantitative estimate of drug-likeness (QED) is 0.424. The minimum atomic E-state index is -3.74. The lowest BCUT2D eigenvalue weighted by molar-refractivity contribution is -0.128. The molecule has 0 saturated heterocycles. The van der Waals surface area contributed by atoms with Gasteiger partial charge in [0.15, 0.2) is 0 Å². The molecule has 1 atom stereocenters. The number of carbonyl (C=O) groups excluding carboxylic acids is 1. The highest BCUT2D eigenvalue weighted by atomic mass is 32.7. The molecular weight excluding hydrogens is 163 g/mol. The van der Waals surface area contributed by atoms with E-state index in [1.165, 1.54) is 8.44 Å². The summed E-state index contributed by atoms with van der Waals surface area (Å²) in [6, 6.07) is 0. The fourth-order valence-corrected chi connectivity index (χ4v) is 0.730. The molecule has 9 heavy (non-hydrogen) atoms. The van der Waals surface area contributed by atoms with Gasteiger partial charge in [0.1, 0.15) is 0 Å². The summed E-state index contributed by atoms with van der Waals surface area (Å²) in [6.45, 7) is 3.00. The Morgan fingerprint density at radius 2 is 2.11 bits per heavy atom. The molecule has 0 aliphatic heterocycles. The molecule has 0 aliphatic carbocycles. The number of rotatable bonds is 2. The predicted octanol–water partition coefficient (Wildman–Crippen LogP) is -0.165. The van der Waals surface area contributed by atoms with E-state index in [1.807, 2.05) is 0 Å². The molecule has 0 bridgehead atoms. The van der Waals surface area contributed by atoms with Crippen molar-refractivity contribution in [3.8, 4) is 0 Å². The molecular formula is C3H5O4PS. The van der Waals surface area contributed by atoms with Gasteiger partial charge in [-0.1, -0.05) is 6.58 Å². The molecule has 0 radical (unpaired) electrons. The van der Waals surface area contributed by atoms with Gasteiger partial charge in [0, 0.05) is 14.5 Å². The SMILES string of the molecule is C=CC(=O)OS(=O)(=O)P. The Labute approximate surface area is 55.0 Å². The molecule has 0 rings (SSSR count). The van der Waals surface area contributed by atoms with Crippen LogP contribution >= 0.6 is 8.44 Å². The Kier molecular flexibility index (Phi) is 2.81. The highest BCUT2D eigenvalue weighted by Crippen LogP contribution is 2.02. The van der Waals surface area contributed by atoms with E-state index in [4.69, 9.17) is 0 Å². The third-order valence-electron chi connectivity index (χ3n) is 0.365. The number of hydrogen-bond acceptors (Lipinski definition) is 4. The smallest absolute Gasteiger partial charge is 0.340 e. The summed E-state index contributed by atoms with van der Waals surface area (Å²) >= 11 is 0. The van der Waals surface area contributed by atoms with Crippen molar-refractivity contribution >= 4 is 24.1 Å². The normalized spacial score (nSPS) is 10.3. The minimum absolute atomic E-state index is 0.765. The van der Waals surface area contributed by atoms with Gasteiger partial charge in [-0.15, -0.1) is 0 Å². The van der Waals surface area contributed by atoms with Gasteiger partial charge in [0.25, 0.3) is 0 Å². The van der Waals surface area contributed by atoms with Crippen molar-refractivity contribution in [1.29, 1.82) is 0 Å². The lowest BCUT2D eigenvalue weighted by atomic mass is 10.7. The Hall–Kier alpha value is -0.410.